The molecule has 0 bridgehead atoms. The Bertz CT molecular complexity index is 102. The van der Waals surface area contributed by atoms with Gasteiger partial charge in [-0.15, -0.1) is 0 Å². The summed E-state index contributed by atoms with van der Waals surface area (Å²) in [5.74, 6) is 0. The van der Waals surface area contributed by atoms with Gasteiger partial charge in [0, 0.05) is 0 Å². The van der Waals surface area contributed by atoms with Crippen molar-refractivity contribution >= 4 is 0 Å². The third-order valence-corrected chi connectivity index (χ3v) is 4.16. The maximum atomic E-state index is 2.26. The van der Waals surface area contributed by atoms with Gasteiger partial charge in [-0.2, -0.15) is 0 Å². The van der Waals surface area contributed by atoms with Crippen molar-refractivity contribution in [1.29, 1.82) is 0 Å². The smallest absolute Gasteiger partial charge is 2.00 e. The van der Waals surface area contributed by atoms with E-state index in [2.05, 4.69) is 54.7 Å². The van der Waals surface area contributed by atoms with E-state index in [0.717, 1.165) is 0 Å². The molecule has 0 unspecified atom stereocenters. The minimum Gasteiger partial charge on any atom is -2.00 e. The van der Waals surface area contributed by atoms with Crippen LogP contribution in [0.25, 0.3) is 0 Å². The van der Waals surface area contributed by atoms with Crippen LogP contribution >= 0.6 is 0 Å². The monoisotopic (exact) mass is 370 g/mol. The van der Waals surface area contributed by atoms with E-state index in [0.29, 0.717) is 0 Å². The van der Waals surface area contributed by atoms with Gasteiger partial charge in [-0.3, -0.25) is 0 Å². The van der Waals surface area contributed by atoms with Gasteiger partial charge in [0.05, 0.1) is 0 Å². The quantitative estimate of drug-likeness (QED) is 0.286. The Morgan fingerprint density at radius 1 is 0.429 bits per heavy atom. The second-order valence-corrected chi connectivity index (χ2v) is 6.60. The first kappa shape index (κ1) is 33.8. The zero-order valence-corrected chi connectivity index (χ0v) is 17.2. The molecule has 5 heteroatoms. The molecular weight excluding hydrogens is 336 g/mol. The maximum Gasteiger partial charge on any atom is -2.00 e. The number of unbranched alkanes of at least 4 members (excludes halogenated alkanes) is 10. The topological polar surface area (TPSA) is 85.5 Å². The van der Waals surface area contributed by atoms with Gasteiger partial charge >= 0.3 is 141 Å². The van der Waals surface area contributed by atoms with Crippen LogP contribution in [0.3, 0.4) is 0 Å². The van der Waals surface area contributed by atoms with Crippen molar-refractivity contribution in [2.24, 2.45) is 0 Å². The summed E-state index contributed by atoms with van der Waals surface area (Å²) in [4.78, 5) is 0. The fourth-order valence-electron chi connectivity index (χ4n) is 1.81. The van der Waals surface area contributed by atoms with Gasteiger partial charge < -0.3 is 16.4 Å². The van der Waals surface area contributed by atoms with Crippen molar-refractivity contribution < 1.29 is 57.3 Å². The molecule has 0 heterocycles. The first-order chi connectivity index (χ1) is 8.83. The molecule has 0 aliphatic rings. The summed E-state index contributed by atoms with van der Waals surface area (Å²) in [6, 6.07) is 0. The number of hydrogen-bond acceptors (Lipinski definition) is 0. The predicted octanol–water partition coefficient (Wildman–Crippen LogP) is 6.27. The summed E-state index contributed by atoms with van der Waals surface area (Å²) < 4.78 is 2.73. The number of hydrogen-bond donors (Lipinski definition) is 0. The summed E-state index contributed by atoms with van der Waals surface area (Å²) in [5, 5.41) is 0. The molecule has 0 radical (unpaired) electrons. The van der Waals surface area contributed by atoms with Crippen LogP contribution in [0.5, 0.6) is 0 Å². The van der Waals surface area contributed by atoms with Gasteiger partial charge in [0.1, 0.15) is 0 Å². The molecule has 0 aliphatic heterocycles. The first-order valence-electron chi connectivity index (χ1n) is 8.12. The largest absolute Gasteiger partial charge is 2.00 e. The molecule has 124 valence electrons. The molecular formula is C16H34O3Ti2. The van der Waals surface area contributed by atoms with E-state index in [4.69, 9.17) is 0 Å². The molecule has 3 nitrogen and oxygen atoms in total. The van der Waals surface area contributed by atoms with Gasteiger partial charge in [-0.25, -0.2) is 0 Å². The van der Waals surface area contributed by atoms with E-state index in [9.17, 15) is 0 Å². The van der Waals surface area contributed by atoms with Crippen LogP contribution in [0.2, 0.25) is 9.45 Å². The zero-order valence-electron chi connectivity index (χ0n) is 14.1. The summed E-state index contributed by atoms with van der Waals surface area (Å²) in [6.45, 7) is 4.53. The Labute approximate surface area is 157 Å². The molecule has 0 N–H and O–H groups in total. The molecule has 0 fully saturated rings. The third kappa shape index (κ3) is 44.9. The second-order valence-electron chi connectivity index (χ2n) is 5.04. The number of rotatable bonds is 12. The minimum absolute atomic E-state index is 0. The SMILES string of the molecule is CCCCCCC[CH2][Ti+3].CCCCCCC[CH2][Ti+3].[O-2].[O-2].[O-2]. The Morgan fingerprint density at radius 2 is 0.667 bits per heavy atom. The van der Waals surface area contributed by atoms with Crippen molar-refractivity contribution in [3.63, 3.8) is 0 Å². The molecule has 21 heavy (non-hydrogen) atoms. The molecule has 0 aromatic heterocycles. The first-order valence-corrected chi connectivity index (χ1v) is 10.3. The van der Waals surface area contributed by atoms with Crippen molar-refractivity contribution in [2.45, 2.75) is 100 Å². The van der Waals surface area contributed by atoms with Crippen molar-refractivity contribution in [3.8, 4) is 0 Å². The van der Waals surface area contributed by atoms with Crippen molar-refractivity contribution in [3.05, 3.63) is 0 Å². The van der Waals surface area contributed by atoms with Gasteiger partial charge in [0.15, 0.2) is 0 Å². The van der Waals surface area contributed by atoms with Gasteiger partial charge in [-0.1, -0.05) is 0 Å². The van der Waals surface area contributed by atoms with Crippen LogP contribution in [-0.4, -0.2) is 0 Å². The Hall–Kier alpha value is 1.31. The van der Waals surface area contributed by atoms with Crippen LogP contribution < -0.4 is 0 Å². The average molecular weight is 370 g/mol. The van der Waals surface area contributed by atoms with E-state index in [1.807, 2.05) is 0 Å². The van der Waals surface area contributed by atoms with E-state index in [1.165, 1.54) is 86.5 Å². The van der Waals surface area contributed by atoms with Crippen molar-refractivity contribution in [2.75, 3.05) is 0 Å². The van der Waals surface area contributed by atoms with E-state index in [-0.39, 0.29) is 16.4 Å². The van der Waals surface area contributed by atoms with Gasteiger partial charge in [-0.05, 0) is 0 Å². The Morgan fingerprint density at radius 3 is 0.905 bits per heavy atom. The fraction of sp³-hybridized carbons (Fsp3) is 1.00. The minimum atomic E-state index is 0. The van der Waals surface area contributed by atoms with E-state index < -0.39 is 0 Å². The Balaban J connectivity index is -0.0000000711. The van der Waals surface area contributed by atoms with Crippen LogP contribution in [0, 0.1) is 0 Å². The molecule has 0 aliphatic carbocycles. The standard InChI is InChI=1S/2C8H17.3O.2Ti/c2*1-3-5-7-8-6-4-2;;;;;/h2*1,3-8H2,2H3;;;;;/q;;3*-2;2*+3. The van der Waals surface area contributed by atoms with Gasteiger partial charge in [0.2, 0.25) is 0 Å². The molecule has 0 saturated carbocycles. The predicted molar refractivity (Wildman–Crippen MR) is 78.4 cm³/mol. The van der Waals surface area contributed by atoms with E-state index in [1.54, 1.807) is 0 Å². The molecule has 0 spiro atoms. The summed E-state index contributed by atoms with van der Waals surface area (Å²) in [5.41, 5.74) is 0. The van der Waals surface area contributed by atoms with E-state index >= 15 is 0 Å². The Kier molecular flexibility index (Phi) is 60.4. The molecule has 0 rings (SSSR count). The van der Waals surface area contributed by atoms with Crippen LogP contribution in [0.1, 0.15) is 90.9 Å². The molecule has 0 aromatic carbocycles. The molecule has 0 amide bonds. The van der Waals surface area contributed by atoms with Crippen LogP contribution in [0.15, 0.2) is 0 Å². The molecule has 0 saturated heterocycles. The fourth-order valence-corrected chi connectivity index (χ4v) is 2.59. The second kappa shape index (κ2) is 37.5. The summed E-state index contributed by atoms with van der Waals surface area (Å²) >= 11 is 4.53. The molecule has 0 aromatic rings. The van der Waals surface area contributed by atoms with Crippen LogP contribution in [-0.2, 0) is 57.3 Å². The molecule has 0 atom stereocenters. The van der Waals surface area contributed by atoms with Crippen molar-refractivity contribution in [1.82, 2.24) is 0 Å². The van der Waals surface area contributed by atoms with Crippen LogP contribution in [0.4, 0.5) is 0 Å². The summed E-state index contributed by atoms with van der Waals surface area (Å²) in [7, 11) is 0. The maximum absolute atomic E-state index is 2.26. The third-order valence-electron chi connectivity index (χ3n) is 3.06. The average Bonchev–Trinajstić information content (AvgIpc) is 2.39. The normalized spacial score (nSPS) is 8.67. The van der Waals surface area contributed by atoms with Gasteiger partial charge in [0.25, 0.3) is 0 Å². The zero-order chi connectivity index (χ0) is 13.9. The summed E-state index contributed by atoms with van der Waals surface area (Å²) in [6.07, 6.45) is 17.2.